The Morgan fingerprint density at radius 1 is 1.24 bits per heavy atom. The van der Waals surface area contributed by atoms with Crippen molar-refractivity contribution >= 4 is 17.5 Å². The van der Waals surface area contributed by atoms with Gasteiger partial charge in [-0.1, -0.05) is 41.9 Å². The highest BCUT2D eigenvalue weighted by atomic mass is 35.5. The summed E-state index contributed by atoms with van der Waals surface area (Å²) in [5, 5.41) is 2.82. The zero-order valence-electron chi connectivity index (χ0n) is 13.1. The Morgan fingerprint density at radius 2 is 1.96 bits per heavy atom. The quantitative estimate of drug-likeness (QED) is 0.748. The number of nitrogens with one attached hydrogen (secondary N) is 1. The molecule has 25 heavy (non-hydrogen) atoms. The van der Waals surface area contributed by atoms with Crippen LogP contribution in [0.4, 0.5) is 13.2 Å². The Labute approximate surface area is 148 Å². The fourth-order valence-corrected chi connectivity index (χ4v) is 2.36. The van der Waals surface area contributed by atoms with Crippen molar-refractivity contribution in [2.45, 2.75) is 18.5 Å². The summed E-state index contributed by atoms with van der Waals surface area (Å²) in [5.41, 5.74) is 0.0615. The monoisotopic (exact) mass is 372 g/mol. The zero-order valence-corrected chi connectivity index (χ0v) is 13.8. The Bertz CT molecular complexity index is 696. The second-order valence-electron chi connectivity index (χ2n) is 5.25. The van der Waals surface area contributed by atoms with Crippen molar-refractivity contribution in [3.05, 3.63) is 59.4 Å². The standard InChI is InChI=1S/C17H16ClF3N2O2/c18-13-8-14(11-22-10-13)25-7-6-23-16(24)9-15(17(19,20)21)12-4-2-1-3-5-12/h1-5,8,10-11,15H,6-7,9H2,(H,23,24)/t15-/m1/s1. The van der Waals surface area contributed by atoms with Crippen molar-refractivity contribution in [3.8, 4) is 5.75 Å². The molecule has 1 atom stereocenters. The van der Waals surface area contributed by atoms with Crippen LogP contribution in [0.25, 0.3) is 0 Å². The molecule has 0 saturated carbocycles. The number of alkyl halides is 3. The summed E-state index contributed by atoms with van der Waals surface area (Å²) < 4.78 is 44.9. The molecule has 1 amide bonds. The van der Waals surface area contributed by atoms with Crippen molar-refractivity contribution in [3.63, 3.8) is 0 Å². The van der Waals surface area contributed by atoms with Gasteiger partial charge in [0, 0.05) is 18.7 Å². The lowest BCUT2D eigenvalue weighted by atomic mass is 9.95. The van der Waals surface area contributed by atoms with Crippen LogP contribution < -0.4 is 10.1 Å². The number of nitrogens with zero attached hydrogens (tertiary/aromatic N) is 1. The lowest BCUT2D eigenvalue weighted by Crippen LogP contribution is -2.32. The van der Waals surface area contributed by atoms with E-state index in [1.54, 1.807) is 12.1 Å². The fourth-order valence-electron chi connectivity index (χ4n) is 2.20. The number of hydrogen-bond acceptors (Lipinski definition) is 3. The van der Waals surface area contributed by atoms with Gasteiger partial charge >= 0.3 is 6.18 Å². The molecule has 0 aliphatic heterocycles. The van der Waals surface area contributed by atoms with E-state index in [9.17, 15) is 18.0 Å². The largest absolute Gasteiger partial charge is 0.490 e. The van der Waals surface area contributed by atoms with E-state index in [4.69, 9.17) is 16.3 Å². The van der Waals surface area contributed by atoms with Gasteiger partial charge in [0.2, 0.25) is 5.91 Å². The van der Waals surface area contributed by atoms with Crippen LogP contribution in [0.2, 0.25) is 5.02 Å². The molecule has 134 valence electrons. The summed E-state index contributed by atoms with van der Waals surface area (Å²) in [6.45, 7) is 0.167. The Balaban J connectivity index is 1.83. The van der Waals surface area contributed by atoms with E-state index in [1.165, 1.54) is 36.7 Å². The van der Waals surface area contributed by atoms with Crippen molar-refractivity contribution in [2.24, 2.45) is 0 Å². The fraction of sp³-hybridized carbons (Fsp3) is 0.294. The summed E-state index contributed by atoms with van der Waals surface area (Å²) >= 11 is 5.75. The van der Waals surface area contributed by atoms with E-state index in [-0.39, 0.29) is 18.7 Å². The second-order valence-corrected chi connectivity index (χ2v) is 5.68. The van der Waals surface area contributed by atoms with Crippen molar-refractivity contribution in [1.82, 2.24) is 10.3 Å². The molecular weight excluding hydrogens is 357 g/mol. The summed E-state index contributed by atoms with van der Waals surface area (Å²) in [6, 6.07) is 8.92. The predicted molar refractivity (Wildman–Crippen MR) is 87.6 cm³/mol. The number of benzene rings is 1. The predicted octanol–water partition coefficient (Wildman–Crippen LogP) is 3.97. The highest BCUT2D eigenvalue weighted by molar-refractivity contribution is 6.30. The SMILES string of the molecule is O=C(C[C@H](c1ccccc1)C(F)(F)F)NCCOc1cncc(Cl)c1. The van der Waals surface area contributed by atoms with Crippen LogP contribution in [0.1, 0.15) is 17.9 Å². The number of hydrogen-bond donors (Lipinski definition) is 1. The number of ether oxygens (including phenoxy) is 1. The third-order valence-corrected chi connectivity index (χ3v) is 3.57. The number of amides is 1. The Kier molecular flexibility index (Phi) is 6.64. The maximum atomic E-state index is 13.2. The summed E-state index contributed by atoms with van der Waals surface area (Å²) in [5.74, 6) is -2.12. The number of carbonyl (C=O) groups is 1. The van der Waals surface area contributed by atoms with E-state index in [1.807, 2.05) is 0 Å². The minimum atomic E-state index is -4.50. The number of halogens is 4. The van der Waals surface area contributed by atoms with Gasteiger partial charge < -0.3 is 10.1 Å². The third-order valence-electron chi connectivity index (χ3n) is 3.36. The first-order valence-corrected chi connectivity index (χ1v) is 7.86. The zero-order chi connectivity index (χ0) is 18.3. The topological polar surface area (TPSA) is 51.2 Å². The maximum absolute atomic E-state index is 13.2. The molecule has 0 fully saturated rings. The second kappa shape index (κ2) is 8.71. The average molecular weight is 373 g/mol. The summed E-state index contributed by atoms with van der Waals surface area (Å²) in [4.78, 5) is 15.7. The Morgan fingerprint density at radius 3 is 2.60 bits per heavy atom. The van der Waals surface area contributed by atoms with Crippen LogP contribution in [0.3, 0.4) is 0 Å². The molecule has 1 N–H and O–H groups in total. The third kappa shape index (κ3) is 6.26. The van der Waals surface area contributed by atoms with Gasteiger partial charge in [0.05, 0.1) is 23.7 Å². The molecule has 1 heterocycles. The molecule has 8 heteroatoms. The van der Waals surface area contributed by atoms with Gasteiger partial charge in [-0.3, -0.25) is 9.78 Å². The van der Waals surface area contributed by atoms with Gasteiger partial charge in [-0.05, 0) is 5.56 Å². The average Bonchev–Trinajstić information content (AvgIpc) is 2.56. The van der Waals surface area contributed by atoms with Gasteiger partial charge in [-0.15, -0.1) is 0 Å². The van der Waals surface area contributed by atoms with Gasteiger partial charge in [0.1, 0.15) is 12.4 Å². The maximum Gasteiger partial charge on any atom is 0.396 e. The number of aromatic nitrogens is 1. The number of carbonyl (C=O) groups excluding carboxylic acids is 1. The summed E-state index contributed by atoms with van der Waals surface area (Å²) in [6.07, 6.45) is -2.28. The lowest BCUT2D eigenvalue weighted by Gasteiger charge is -2.20. The molecule has 1 aromatic carbocycles. The number of rotatable bonds is 7. The van der Waals surface area contributed by atoms with E-state index in [0.29, 0.717) is 10.8 Å². The molecule has 2 aromatic rings. The van der Waals surface area contributed by atoms with Crippen molar-refractivity contribution in [2.75, 3.05) is 13.2 Å². The van der Waals surface area contributed by atoms with Crippen LogP contribution in [-0.2, 0) is 4.79 Å². The molecule has 0 spiro atoms. The molecule has 0 saturated heterocycles. The van der Waals surface area contributed by atoms with Gasteiger partial charge in [0.25, 0.3) is 0 Å². The van der Waals surface area contributed by atoms with Gasteiger partial charge in [-0.2, -0.15) is 13.2 Å². The lowest BCUT2D eigenvalue weighted by molar-refractivity contribution is -0.157. The molecule has 0 bridgehead atoms. The van der Waals surface area contributed by atoms with Gasteiger partial charge in [-0.25, -0.2) is 0 Å². The molecule has 4 nitrogen and oxygen atoms in total. The van der Waals surface area contributed by atoms with E-state index >= 15 is 0 Å². The minimum Gasteiger partial charge on any atom is -0.490 e. The minimum absolute atomic E-state index is 0.0615. The van der Waals surface area contributed by atoms with E-state index in [2.05, 4.69) is 10.3 Å². The van der Waals surface area contributed by atoms with Gasteiger partial charge in [0.15, 0.2) is 0 Å². The highest BCUT2D eigenvalue weighted by Crippen LogP contribution is 2.37. The van der Waals surface area contributed by atoms with Crippen molar-refractivity contribution in [1.29, 1.82) is 0 Å². The Hall–Kier alpha value is -2.28. The molecule has 0 radical (unpaired) electrons. The highest BCUT2D eigenvalue weighted by Gasteiger charge is 2.41. The molecule has 0 unspecified atom stereocenters. The summed E-state index contributed by atoms with van der Waals surface area (Å²) in [7, 11) is 0. The van der Waals surface area contributed by atoms with E-state index in [0.717, 1.165) is 0 Å². The van der Waals surface area contributed by atoms with Crippen LogP contribution in [0, 0.1) is 0 Å². The smallest absolute Gasteiger partial charge is 0.396 e. The van der Waals surface area contributed by atoms with Crippen LogP contribution in [0.5, 0.6) is 5.75 Å². The van der Waals surface area contributed by atoms with Crippen LogP contribution in [-0.4, -0.2) is 30.2 Å². The van der Waals surface area contributed by atoms with Crippen molar-refractivity contribution < 1.29 is 22.7 Å². The first-order chi connectivity index (χ1) is 11.9. The van der Waals surface area contributed by atoms with Crippen LogP contribution >= 0.6 is 11.6 Å². The van der Waals surface area contributed by atoms with Crippen LogP contribution in [0.15, 0.2) is 48.8 Å². The molecule has 2 rings (SSSR count). The molecule has 1 aromatic heterocycles. The van der Waals surface area contributed by atoms with E-state index < -0.39 is 24.4 Å². The molecule has 0 aliphatic rings. The normalized spacial score (nSPS) is 12.5. The molecular formula is C17H16ClF3N2O2. The number of pyridine rings is 1. The first-order valence-electron chi connectivity index (χ1n) is 7.48. The molecule has 0 aliphatic carbocycles. The first kappa shape index (κ1) is 19.1.